The number of pyridine rings is 1. The van der Waals surface area contributed by atoms with Crippen molar-refractivity contribution >= 4 is 33.2 Å². The Kier molecular flexibility index (Phi) is 4.97. The molecule has 122 valence electrons. The van der Waals surface area contributed by atoms with Crippen LogP contribution in [0.4, 0.5) is 5.69 Å². The van der Waals surface area contributed by atoms with Crippen molar-refractivity contribution < 1.29 is 0 Å². The van der Waals surface area contributed by atoms with Crippen LogP contribution in [0.3, 0.4) is 0 Å². The van der Waals surface area contributed by atoms with Crippen LogP contribution in [0.1, 0.15) is 17.3 Å². The zero-order valence-electron chi connectivity index (χ0n) is 12.8. The zero-order valence-corrected chi connectivity index (χ0v) is 15.1. The summed E-state index contributed by atoms with van der Waals surface area (Å²) in [4.78, 5) is 16.5. The standard InChI is InChI=1S/C17H14BrClN4O/c1-23-17(24)15(18)14(10-21-23)22-16(13-7-2-3-8-20-13)11-5-4-6-12(19)9-11/h2-10,16,22H,1H3. The molecule has 0 bridgehead atoms. The maximum Gasteiger partial charge on any atom is 0.282 e. The maximum atomic E-state index is 12.1. The van der Waals surface area contributed by atoms with E-state index in [4.69, 9.17) is 11.6 Å². The highest BCUT2D eigenvalue weighted by Crippen LogP contribution is 2.29. The lowest BCUT2D eigenvalue weighted by atomic mass is 10.0. The summed E-state index contributed by atoms with van der Waals surface area (Å²) >= 11 is 9.47. The van der Waals surface area contributed by atoms with Crippen LogP contribution < -0.4 is 10.9 Å². The van der Waals surface area contributed by atoms with Crippen LogP contribution in [0.25, 0.3) is 0 Å². The number of nitrogens with one attached hydrogen (secondary N) is 1. The summed E-state index contributed by atoms with van der Waals surface area (Å²) in [7, 11) is 1.60. The lowest BCUT2D eigenvalue weighted by Gasteiger charge is -2.21. The van der Waals surface area contributed by atoms with Crippen LogP contribution in [0.15, 0.2) is 64.1 Å². The number of aromatic nitrogens is 3. The smallest absolute Gasteiger partial charge is 0.282 e. The molecule has 2 heterocycles. The van der Waals surface area contributed by atoms with Crippen LogP contribution in [0.5, 0.6) is 0 Å². The normalized spacial score (nSPS) is 12.0. The summed E-state index contributed by atoms with van der Waals surface area (Å²) < 4.78 is 1.69. The molecule has 0 aliphatic carbocycles. The molecule has 5 nitrogen and oxygen atoms in total. The highest BCUT2D eigenvalue weighted by molar-refractivity contribution is 9.10. The minimum absolute atomic E-state index is 0.217. The van der Waals surface area contributed by atoms with Gasteiger partial charge in [0.25, 0.3) is 5.56 Å². The number of rotatable bonds is 4. The Hall–Kier alpha value is -2.18. The van der Waals surface area contributed by atoms with Gasteiger partial charge in [-0.2, -0.15) is 5.10 Å². The molecule has 1 atom stereocenters. The van der Waals surface area contributed by atoms with Gasteiger partial charge in [-0.3, -0.25) is 9.78 Å². The molecule has 1 unspecified atom stereocenters. The molecule has 0 spiro atoms. The Morgan fingerprint density at radius 3 is 2.79 bits per heavy atom. The minimum Gasteiger partial charge on any atom is -0.370 e. The third-order valence-corrected chi connectivity index (χ3v) is 4.55. The van der Waals surface area contributed by atoms with Crippen molar-refractivity contribution in [1.82, 2.24) is 14.8 Å². The Labute approximate surface area is 152 Å². The summed E-state index contributed by atoms with van der Waals surface area (Å²) in [6.45, 7) is 0. The van der Waals surface area contributed by atoms with Gasteiger partial charge in [0.2, 0.25) is 0 Å². The van der Waals surface area contributed by atoms with E-state index in [-0.39, 0.29) is 11.6 Å². The van der Waals surface area contributed by atoms with Gasteiger partial charge in [-0.15, -0.1) is 0 Å². The van der Waals surface area contributed by atoms with Crippen molar-refractivity contribution in [1.29, 1.82) is 0 Å². The first-order valence-electron chi connectivity index (χ1n) is 7.21. The lowest BCUT2D eigenvalue weighted by molar-refractivity contribution is 0.701. The van der Waals surface area contributed by atoms with Crippen LogP contribution in [-0.2, 0) is 7.05 Å². The topological polar surface area (TPSA) is 59.8 Å². The zero-order chi connectivity index (χ0) is 17.1. The molecule has 1 N–H and O–H groups in total. The fraction of sp³-hybridized carbons (Fsp3) is 0.118. The first-order chi connectivity index (χ1) is 11.6. The Bertz CT molecular complexity index is 914. The van der Waals surface area contributed by atoms with Crippen molar-refractivity contribution in [2.45, 2.75) is 6.04 Å². The molecule has 1 aromatic carbocycles. The average Bonchev–Trinajstić information content (AvgIpc) is 2.60. The van der Waals surface area contributed by atoms with Crippen molar-refractivity contribution in [3.63, 3.8) is 0 Å². The second kappa shape index (κ2) is 7.15. The summed E-state index contributed by atoms with van der Waals surface area (Å²) in [5.74, 6) is 0. The van der Waals surface area contributed by atoms with Gasteiger partial charge in [0, 0.05) is 18.3 Å². The third-order valence-electron chi connectivity index (χ3n) is 3.54. The van der Waals surface area contributed by atoms with Gasteiger partial charge in [-0.25, -0.2) is 4.68 Å². The van der Waals surface area contributed by atoms with E-state index >= 15 is 0 Å². The second-order valence-corrected chi connectivity index (χ2v) is 6.42. The summed E-state index contributed by atoms with van der Waals surface area (Å²) in [6.07, 6.45) is 3.33. The van der Waals surface area contributed by atoms with Gasteiger partial charge >= 0.3 is 0 Å². The SMILES string of the molecule is Cn1ncc(NC(c2cccc(Cl)c2)c2ccccn2)c(Br)c1=O. The van der Waals surface area contributed by atoms with E-state index in [1.54, 1.807) is 19.4 Å². The molecule has 3 rings (SSSR count). The molecule has 24 heavy (non-hydrogen) atoms. The molecule has 0 aliphatic rings. The number of nitrogens with zero attached hydrogens (tertiary/aromatic N) is 3. The molecule has 0 saturated heterocycles. The van der Waals surface area contributed by atoms with Gasteiger partial charge in [0.1, 0.15) is 4.47 Å². The number of benzene rings is 1. The van der Waals surface area contributed by atoms with E-state index in [1.165, 1.54) is 4.68 Å². The molecule has 7 heteroatoms. The molecule has 0 fully saturated rings. The number of hydrogen-bond donors (Lipinski definition) is 1. The first kappa shape index (κ1) is 16.7. The van der Waals surface area contributed by atoms with Gasteiger partial charge in [-0.1, -0.05) is 29.8 Å². The van der Waals surface area contributed by atoms with Crippen molar-refractivity contribution in [2.24, 2.45) is 7.05 Å². The van der Waals surface area contributed by atoms with Crippen molar-refractivity contribution in [3.05, 3.63) is 86.0 Å². The number of hydrogen-bond acceptors (Lipinski definition) is 4. The third kappa shape index (κ3) is 3.49. The fourth-order valence-electron chi connectivity index (χ4n) is 2.33. The molecular weight excluding hydrogens is 392 g/mol. The van der Waals surface area contributed by atoms with E-state index in [9.17, 15) is 4.79 Å². The molecular formula is C17H14BrClN4O. The molecule has 3 aromatic rings. The average molecular weight is 406 g/mol. The van der Waals surface area contributed by atoms with E-state index in [1.807, 2.05) is 42.5 Å². The summed E-state index contributed by atoms with van der Waals surface area (Å²) in [5, 5.41) is 8.03. The predicted octanol–water partition coefficient (Wildman–Crippen LogP) is 3.79. The molecule has 0 aliphatic heterocycles. The Morgan fingerprint density at radius 1 is 1.25 bits per heavy atom. The first-order valence-corrected chi connectivity index (χ1v) is 8.38. The van der Waals surface area contributed by atoms with Crippen LogP contribution in [0, 0.1) is 0 Å². The van der Waals surface area contributed by atoms with Crippen LogP contribution in [0.2, 0.25) is 5.02 Å². The van der Waals surface area contributed by atoms with Gasteiger partial charge in [0.15, 0.2) is 0 Å². The van der Waals surface area contributed by atoms with E-state index < -0.39 is 0 Å². The molecule has 0 amide bonds. The lowest BCUT2D eigenvalue weighted by Crippen LogP contribution is -2.23. The number of halogens is 2. The Balaban J connectivity index is 2.06. The van der Waals surface area contributed by atoms with Crippen LogP contribution in [-0.4, -0.2) is 14.8 Å². The predicted molar refractivity (Wildman–Crippen MR) is 98.3 cm³/mol. The van der Waals surface area contributed by atoms with Gasteiger partial charge in [0.05, 0.1) is 23.6 Å². The highest BCUT2D eigenvalue weighted by Gasteiger charge is 2.18. The van der Waals surface area contributed by atoms with Crippen molar-refractivity contribution in [2.75, 3.05) is 5.32 Å². The van der Waals surface area contributed by atoms with E-state index in [0.29, 0.717) is 15.2 Å². The maximum absolute atomic E-state index is 12.1. The molecule has 2 aromatic heterocycles. The second-order valence-electron chi connectivity index (χ2n) is 5.19. The quantitative estimate of drug-likeness (QED) is 0.717. The van der Waals surface area contributed by atoms with Crippen molar-refractivity contribution in [3.8, 4) is 0 Å². The molecule has 0 radical (unpaired) electrons. The number of anilines is 1. The fourth-order valence-corrected chi connectivity index (χ4v) is 3.00. The number of aryl methyl sites for hydroxylation is 1. The summed E-state index contributed by atoms with van der Waals surface area (Å²) in [6, 6.07) is 12.9. The van der Waals surface area contributed by atoms with E-state index in [2.05, 4.69) is 31.3 Å². The monoisotopic (exact) mass is 404 g/mol. The minimum atomic E-state index is -0.268. The summed E-state index contributed by atoms with van der Waals surface area (Å²) in [5.41, 5.74) is 2.13. The van der Waals surface area contributed by atoms with E-state index in [0.717, 1.165) is 11.3 Å². The molecule has 0 saturated carbocycles. The largest absolute Gasteiger partial charge is 0.370 e. The Morgan fingerprint density at radius 2 is 2.08 bits per heavy atom. The van der Waals surface area contributed by atoms with Gasteiger partial charge < -0.3 is 5.32 Å². The highest BCUT2D eigenvalue weighted by atomic mass is 79.9. The van der Waals surface area contributed by atoms with Gasteiger partial charge in [-0.05, 0) is 45.8 Å². The van der Waals surface area contributed by atoms with Crippen LogP contribution >= 0.6 is 27.5 Å².